The molecule has 90 valence electrons. The Hall–Kier alpha value is 0.726. The van der Waals surface area contributed by atoms with Crippen LogP contribution in [0.25, 0.3) is 0 Å². The molecule has 1 aliphatic rings. The first kappa shape index (κ1) is 15.8. The predicted molar refractivity (Wildman–Crippen MR) is 60.2 cm³/mol. The molecule has 0 atom stereocenters. The molecule has 1 aromatic carbocycles. The van der Waals surface area contributed by atoms with Crippen LogP contribution in [0.15, 0.2) is 30.3 Å². The van der Waals surface area contributed by atoms with Crippen molar-refractivity contribution in [3.8, 4) is 0 Å². The smallest absolute Gasteiger partial charge is 1.00 e. The van der Waals surface area contributed by atoms with E-state index in [0.29, 0.717) is 19.4 Å². The largest absolute Gasteiger partial charge is 1.00 e. The van der Waals surface area contributed by atoms with Crippen LogP contribution in [0.2, 0.25) is 0 Å². The first-order chi connectivity index (χ1) is 7.68. The summed E-state index contributed by atoms with van der Waals surface area (Å²) in [5.41, 5.74) is 0.995. The topological polar surface area (TPSA) is 52.6 Å². The maximum Gasteiger partial charge on any atom is 1.00 e. The van der Waals surface area contributed by atoms with Crippen LogP contribution in [0.4, 0.5) is 0 Å². The van der Waals surface area contributed by atoms with Crippen LogP contribution in [0.5, 0.6) is 0 Å². The van der Waals surface area contributed by atoms with E-state index in [-0.39, 0.29) is 64.9 Å². The van der Waals surface area contributed by atoms with Gasteiger partial charge >= 0.3 is 51.4 Å². The molecule has 1 aliphatic carbocycles. The van der Waals surface area contributed by atoms with E-state index in [2.05, 4.69) is 0 Å². The average molecular weight is 282 g/mol. The second kappa shape index (κ2) is 7.35. The molecule has 0 saturated heterocycles. The van der Waals surface area contributed by atoms with Crippen molar-refractivity contribution in [2.24, 2.45) is 0 Å². The standard InChI is InChI=1S/C11H14O4S.K.H/c12-16(13,11-6-7-11)15-9-14-8-10-4-2-1-3-5-10;;/h1-5,11H,6-9H2;;/q;+1;-1. The van der Waals surface area contributed by atoms with Gasteiger partial charge in [0.2, 0.25) is 0 Å². The predicted octanol–water partition coefficient (Wildman–Crippen LogP) is -1.21. The summed E-state index contributed by atoms with van der Waals surface area (Å²) in [5, 5.41) is -0.298. The monoisotopic (exact) mass is 282 g/mol. The van der Waals surface area contributed by atoms with Gasteiger partial charge in [-0.25, -0.2) is 4.18 Å². The van der Waals surface area contributed by atoms with Crippen LogP contribution in [-0.4, -0.2) is 20.5 Å². The van der Waals surface area contributed by atoms with Crippen LogP contribution in [-0.2, 0) is 25.6 Å². The molecule has 4 nitrogen and oxygen atoms in total. The maximum atomic E-state index is 11.3. The molecule has 0 radical (unpaired) electrons. The number of benzene rings is 1. The Morgan fingerprint density at radius 3 is 2.47 bits per heavy atom. The molecule has 0 aromatic heterocycles. The Morgan fingerprint density at radius 1 is 1.24 bits per heavy atom. The minimum absolute atomic E-state index is 0. The zero-order chi connectivity index (χ0) is 11.4. The van der Waals surface area contributed by atoms with Gasteiger partial charge in [-0.05, 0) is 18.4 Å². The minimum atomic E-state index is -3.37. The molecule has 0 unspecified atom stereocenters. The fraction of sp³-hybridized carbons (Fsp3) is 0.455. The Kier molecular flexibility index (Phi) is 6.82. The van der Waals surface area contributed by atoms with Crippen LogP contribution >= 0.6 is 0 Å². The molecule has 6 heteroatoms. The average Bonchev–Trinajstić information content (AvgIpc) is 3.10. The zero-order valence-electron chi connectivity index (χ0n) is 10.8. The van der Waals surface area contributed by atoms with Crippen molar-refractivity contribution in [2.75, 3.05) is 6.79 Å². The van der Waals surface area contributed by atoms with Gasteiger partial charge in [0.1, 0.15) is 0 Å². The van der Waals surface area contributed by atoms with E-state index in [0.717, 1.165) is 5.56 Å². The zero-order valence-corrected chi connectivity index (χ0v) is 13.8. The van der Waals surface area contributed by atoms with Gasteiger partial charge in [-0.3, -0.25) is 0 Å². The number of hydrogen-bond acceptors (Lipinski definition) is 4. The van der Waals surface area contributed by atoms with Crippen molar-refractivity contribution in [2.45, 2.75) is 24.7 Å². The molecular weight excluding hydrogens is 267 g/mol. The molecule has 0 bridgehead atoms. The quantitative estimate of drug-likeness (QED) is 0.284. The van der Waals surface area contributed by atoms with E-state index < -0.39 is 10.1 Å². The maximum absolute atomic E-state index is 11.3. The van der Waals surface area contributed by atoms with Crippen molar-refractivity contribution < 1.29 is 70.1 Å². The molecule has 0 aliphatic heterocycles. The third-order valence-electron chi connectivity index (χ3n) is 2.34. The molecular formula is C11H15KO4S. The molecule has 0 amide bonds. The van der Waals surface area contributed by atoms with E-state index in [9.17, 15) is 8.42 Å². The molecule has 0 spiro atoms. The van der Waals surface area contributed by atoms with Gasteiger partial charge in [-0.2, -0.15) is 8.42 Å². The molecule has 1 fully saturated rings. The van der Waals surface area contributed by atoms with Crippen molar-refractivity contribution in [1.29, 1.82) is 0 Å². The summed E-state index contributed by atoms with van der Waals surface area (Å²) >= 11 is 0. The van der Waals surface area contributed by atoms with Gasteiger partial charge in [0, 0.05) is 0 Å². The summed E-state index contributed by atoms with van der Waals surface area (Å²) in [5.74, 6) is 0. The van der Waals surface area contributed by atoms with Gasteiger partial charge in [-0.1, -0.05) is 30.3 Å². The Labute approximate surface area is 146 Å². The van der Waals surface area contributed by atoms with E-state index in [1.54, 1.807) is 0 Å². The first-order valence-electron chi connectivity index (χ1n) is 5.18. The van der Waals surface area contributed by atoms with Gasteiger partial charge in [0.15, 0.2) is 6.79 Å². The van der Waals surface area contributed by atoms with Crippen LogP contribution in [0.1, 0.15) is 19.8 Å². The fourth-order valence-corrected chi connectivity index (χ4v) is 2.40. The van der Waals surface area contributed by atoms with Crippen molar-refractivity contribution in [3.05, 3.63) is 35.9 Å². The Morgan fingerprint density at radius 2 is 1.88 bits per heavy atom. The first-order valence-corrected chi connectivity index (χ1v) is 6.65. The summed E-state index contributed by atoms with van der Waals surface area (Å²) in [7, 11) is -3.37. The molecule has 17 heavy (non-hydrogen) atoms. The van der Waals surface area contributed by atoms with Gasteiger partial charge < -0.3 is 6.16 Å². The van der Waals surface area contributed by atoms with Crippen molar-refractivity contribution in [3.63, 3.8) is 0 Å². The van der Waals surface area contributed by atoms with E-state index in [1.807, 2.05) is 30.3 Å². The third kappa shape index (κ3) is 5.48. The molecule has 0 heterocycles. The second-order valence-corrected chi connectivity index (χ2v) is 5.65. The van der Waals surface area contributed by atoms with Crippen LogP contribution in [0.3, 0.4) is 0 Å². The van der Waals surface area contributed by atoms with Crippen molar-refractivity contribution in [1.82, 2.24) is 0 Å². The fourth-order valence-electron chi connectivity index (χ4n) is 1.29. The van der Waals surface area contributed by atoms with Crippen molar-refractivity contribution >= 4 is 10.1 Å². The van der Waals surface area contributed by atoms with Crippen LogP contribution < -0.4 is 51.4 Å². The van der Waals surface area contributed by atoms with E-state index in [4.69, 9.17) is 8.92 Å². The molecule has 1 aromatic rings. The minimum Gasteiger partial charge on any atom is -1.00 e. The summed E-state index contributed by atoms with van der Waals surface area (Å²) in [6, 6.07) is 9.54. The summed E-state index contributed by atoms with van der Waals surface area (Å²) in [4.78, 5) is 0. The second-order valence-electron chi connectivity index (χ2n) is 3.76. The Balaban J connectivity index is 0.00000144. The third-order valence-corrected chi connectivity index (χ3v) is 4.05. The SMILES string of the molecule is O=S(=O)(OCOCc1ccccc1)C1CC1.[H-].[K+]. The normalized spacial score (nSPS) is 15.3. The number of rotatable bonds is 6. The van der Waals surface area contributed by atoms with E-state index in [1.165, 1.54) is 0 Å². The van der Waals surface area contributed by atoms with Gasteiger partial charge in [0.25, 0.3) is 10.1 Å². The Bertz CT molecular complexity index is 434. The molecule has 1 saturated carbocycles. The molecule has 0 N–H and O–H groups in total. The number of ether oxygens (including phenoxy) is 1. The summed E-state index contributed by atoms with van der Waals surface area (Å²) in [6.45, 7) is 0.161. The summed E-state index contributed by atoms with van der Waals surface area (Å²) in [6.07, 6.45) is 1.42. The van der Waals surface area contributed by atoms with E-state index >= 15 is 0 Å². The van der Waals surface area contributed by atoms with Crippen LogP contribution in [0, 0.1) is 0 Å². The summed E-state index contributed by atoms with van der Waals surface area (Å²) < 4.78 is 32.5. The molecule has 2 rings (SSSR count). The van der Waals surface area contributed by atoms with Gasteiger partial charge in [-0.15, -0.1) is 0 Å². The number of hydrogen-bond donors (Lipinski definition) is 0. The van der Waals surface area contributed by atoms with Gasteiger partial charge in [0.05, 0.1) is 11.9 Å².